The molecule has 7 heteroatoms. The van der Waals surface area contributed by atoms with E-state index in [2.05, 4.69) is 10.5 Å². The average molecular weight is 333 g/mol. The molecule has 24 heavy (non-hydrogen) atoms. The SMILES string of the molecule is COc1ccc(OC)c(C=NNC(=O)C(=O)N2CCCCCC2)c1. The van der Waals surface area contributed by atoms with Gasteiger partial charge in [-0.15, -0.1) is 0 Å². The number of likely N-dealkylation sites (tertiary alicyclic amines) is 1. The number of amides is 2. The van der Waals surface area contributed by atoms with Gasteiger partial charge in [-0.1, -0.05) is 12.8 Å². The lowest BCUT2D eigenvalue weighted by atomic mass is 10.2. The predicted octanol–water partition coefficient (Wildman–Crippen LogP) is 1.56. The highest BCUT2D eigenvalue weighted by atomic mass is 16.5. The van der Waals surface area contributed by atoms with E-state index in [4.69, 9.17) is 9.47 Å². The van der Waals surface area contributed by atoms with Gasteiger partial charge in [-0.3, -0.25) is 9.59 Å². The first-order valence-electron chi connectivity index (χ1n) is 8.00. The number of nitrogens with zero attached hydrogens (tertiary/aromatic N) is 2. The lowest BCUT2D eigenvalue weighted by molar-refractivity contribution is -0.145. The first-order valence-corrected chi connectivity index (χ1v) is 8.00. The second-order valence-electron chi connectivity index (χ2n) is 5.51. The molecule has 0 radical (unpaired) electrons. The molecule has 0 aliphatic carbocycles. The molecule has 7 nitrogen and oxygen atoms in total. The molecule has 1 fully saturated rings. The first-order chi connectivity index (χ1) is 11.7. The van der Waals surface area contributed by atoms with E-state index in [0.29, 0.717) is 30.2 Å². The Morgan fingerprint density at radius 1 is 1.12 bits per heavy atom. The van der Waals surface area contributed by atoms with Crippen LogP contribution in [0.4, 0.5) is 0 Å². The van der Waals surface area contributed by atoms with Crippen molar-refractivity contribution in [2.24, 2.45) is 5.10 Å². The van der Waals surface area contributed by atoms with Crippen LogP contribution >= 0.6 is 0 Å². The van der Waals surface area contributed by atoms with Crippen molar-refractivity contribution >= 4 is 18.0 Å². The molecule has 0 saturated carbocycles. The number of hydrazone groups is 1. The summed E-state index contributed by atoms with van der Waals surface area (Å²) in [4.78, 5) is 25.6. The minimum absolute atomic E-state index is 0.536. The summed E-state index contributed by atoms with van der Waals surface area (Å²) < 4.78 is 10.4. The third-order valence-corrected chi connectivity index (χ3v) is 3.89. The first kappa shape index (κ1) is 17.8. The number of methoxy groups -OCH3 is 2. The molecule has 130 valence electrons. The van der Waals surface area contributed by atoms with Crippen LogP contribution in [0.25, 0.3) is 0 Å². The highest BCUT2D eigenvalue weighted by Crippen LogP contribution is 2.22. The van der Waals surface area contributed by atoms with Gasteiger partial charge >= 0.3 is 11.8 Å². The van der Waals surface area contributed by atoms with E-state index in [1.807, 2.05) is 0 Å². The van der Waals surface area contributed by atoms with E-state index in [0.717, 1.165) is 25.7 Å². The van der Waals surface area contributed by atoms with Gasteiger partial charge in [0.15, 0.2) is 0 Å². The Morgan fingerprint density at radius 3 is 2.46 bits per heavy atom. The minimum atomic E-state index is -0.727. The molecule has 2 amide bonds. The van der Waals surface area contributed by atoms with Crippen LogP contribution in [-0.4, -0.2) is 50.2 Å². The fourth-order valence-electron chi connectivity index (χ4n) is 2.57. The zero-order valence-corrected chi connectivity index (χ0v) is 14.1. The molecule has 1 aromatic rings. The monoisotopic (exact) mass is 333 g/mol. The van der Waals surface area contributed by atoms with Gasteiger partial charge in [-0.2, -0.15) is 5.10 Å². The topological polar surface area (TPSA) is 80.2 Å². The summed E-state index contributed by atoms with van der Waals surface area (Å²) in [6.45, 7) is 1.25. The van der Waals surface area contributed by atoms with Gasteiger partial charge in [0, 0.05) is 18.7 Å². The molecule has 1 aliphatic rings. The standard InChI is InChI=1S/C17H23N3O4/c1-23-14-7-8-15(24-2)13(11-14)12-18-19-16(21)17(22)20-9-5-3-4-6-10-20/h7-8,11-12H,3-6,9-10H2,1-2H3,(H,19,21). The molecular weight excluding hydrogens is 310 g/mol. The zero-order chi connectivity index (χ0) is 17.4. The predicted molar refractivity (Wildman–Crippen MR) is 90.3 cm³/mol. The third-order valence-electron chi connectivity index (χ3n) is 3.89. The zero-order valence-electron chi connectivity index (χ0n) is 14.1. The van der Waals surface area contributed by atoms with Gasteiger partial charge in [0.25, 0.3) is 0 Å². The fraction of sp³-hybridized carbons (Fsp3) is 0.471. The summed E-state index contributed by atoms with van der Waals surface area (Å²) in [6.07, 6.45) is 5.49. The molecule has 1 saturated heterocycles. The maximum absolute atomic E-state index is 12.1. The van der Waals surface area contributed by atoms with Crippen molar-refractivity contribution in [1.29, 1.82) is 0 Å². The van der Waals surface area contributed by atoms with Gasteiger partial charge in [0.2, 0.25) is 0 Å². The second kappa shape index (κ2) is 8.90. The van der Waals surface area contributed by atoms with Crippen molar-refractivity contribution in [3.8, 4) is 11.5 Å². The van der Waals surface area contributed by atoms with Crippen LogP contribution in [0.2, 0.25) is 0 Å². The number of hydrogen-bond acceptors (Lipinski definition) is 5. The number of hydrogen-bond donors (Lipinski definition) is 1. The van der Waals surface area contributed by atoms with Crippen molar-refractivity contribution in [2.75, 3.05) is 27.3 Å². The molecule has 0 bridgehead atoms. The van der Waals surface area contributed by atoms with E-state index >= 15 is 0 Å². The number of carbonyl (C=O) groups excluding carboxylic acids is 2. The summed E-state index contributed by atoms with van der Waals surface area (Å²) in [5.41, 5.74) is 2.92. The third kappa shape index (κ3) is 4.71. The van der Waals surface area contributed by atoms with Crippen LogP contribution in [0.3, 0.4) is 0 Å². The van der Waals surface area contributed by atoms with Crippen LogP contribution in [-0.2, 0) is 9.59 Å². The number of rotatable bonds is 4. The highest BCUT2D eigenvalue weighted by molar-refractivity contribution is 6.35. The van der Waals surface area contributed by atoms with Crippen molar-refractivity contribution in [2.45, 2.75) is 25.7 Å². The van der Waals surface area contributed by atoms with E-state index in [-0.39, 0.29) is 0 Å². The van der Waals surface area contributed by atoms with Crippen LogP contribution in [0, 0.1) is 0 Å². The van der Waals surface area contributed by atoms with Gasteiger partial charge < -0.3 is 14.4 Å². The number of carbonyl (C=O) groups is 2. The van der Waals surface area contributed by atoms with E-state index in [1.54, 1.807) is 37.3 Å². The fourth-order valence-corrected chi connectivity index (χ4v) is 2.57. The Morgan fingerprint density at radius 2 is 1.83 bits per heavy atom. The summed E-state index contributed by atoms with van der Waals surface area (Å²) in [6, 6.07) is 5.23. The molecule has 0 unspecified atom stereocenters. The van der Waals surface area contributed by atoms with Crippen LogP contribution in [0.15, 0.2) is 23.3 Å². The Kier molecular flexibility index (Phi) is 6.60. The van der Waals surface area contributed by atoms with Gasteiger partial charge in [-0.25, -0.2) is 5.43 Å². The summed E-state index contributed by atoms with van der Waals surface area (Å²) >= 11 is 0. The quantitative estimate of drug-likeness (QED) is 0.515. The maximum Gasteiger partial charge on any atom is 0.329 e. The van der Waals surface area contributed by atoms with Gasteiger partial charge in [0.1, 0.15) is 11.5 Å². The second-order valence-corrected chi connectivity index (χ2v) is 5.51. The van der Waals surface area contributed by atoms with Crippen LogP contribution < -0.4 is 14.9 Å². The van der Waals surface area contributed by atoms with Crippen molar-refractivity contribution in [3.63, 3.8) is 0 Å². The molecule has 0 spiro atoms. The molecule has 1 N–H and O–H groups in total. The van der Waals surface area contributed by atoms with Crippen LogP contribution in [0.5, 0.6) is 11.5 Å². The Bertz CT molecular complexity index is 608. The summed E-state index contributed by atoms with van der Waals surface area (Å²) in [5.74, 6) is -0.0291. The smallest absolute Gasteiger partial charge is 0.329 e. The van der Waals surface area contributed by atoms with Gasteiger partial charge in [0.05, 0.1) is 20.4 Å². The van der Waals surface area contributed by atoms with Crippen molar-refractivity contribution in [1.82, 2.24) is 10.3 Å². The molecule has 0 aromatic heterocycles. The average Bonchev–Trinajstić information content (AvgIpc) is 2.90. The molecule has 2 rings (SSSR count). The summed E-state index contributed by atoms with van der Waals surface area (Å²) in [7, 11) is 3.10. The summed E-state index contributed by atoms with van der Waals surface area (Å²) in [5, 5.41) is 3.86. The van der Waals surface area contributed by atoms with E-state index in [9.17, 15) is 9.59 Å². The van der Waals surface area contributed by atoms with Crippen molar-refractivity contribution in [3.05, 3.63) is 23.8 Å². The number of nitrogens with one attached hydrogen (secondary N) is 1. The Balaban J connectivity index is 1.97. The molecule has 0 atom stereocenters. The normalized spacial score (nSPS) is 15.0. The van der Waals surface area contributed by atoms with Gasteiger partial charge in [-0.05, 0) is 31.0 Å². The highest BCUT2D eigenvalue weighted by Gasteiger charge is 2.22. The number of ether oxygens (including phenoxy) is 2. The molecular formula is C17H23N3O4. The lowest BCUT2D eigenvalue weighted by Crippen LogP contribution is -2.41. The van der Waals surface area contributed by atoms with Crippen LogP contribution in [0.1, 0.15) is 31.2 Å². The molecule has 1 aliphatic heterocycles. The lowest BCUT2D eigenvalue weighted by Gasteiger charge is -2.18. The maximum atomic E-state index is 12.1. The minimum Gasteiger partial charge on any atom is -0.497 e. The largest absolute Gasteiger partial charge is 0.497 e. The van der Waals surface area contributed by atoms with E-state index in [1.165, 1.54) is 6.21 Å². The van der Waals surface area contributed by atoms with E-state index < -0.39 is 11.8 Å². The Labute approximate surface area is 141 Å². The molecule has 1 heterocycles. The van der Waals surface area contributed by atoms with Crippen molar-refractivity contribution < 1.29 is 19.1 Å². The number of benzene rings is 1. The Hall–Kier alpha value is -2.57. The molecule has 1 aromatic carbocycles.